The standard InChI is InChI=1S/C17H19N3O3S2/c1-19(2)14-10-8-13(9-11-14)17-20(16(21)12-24-17)18-25(22,23)15-6-4-3-5-7-15/h3-11,17-18H,12H2,1-2H3/t17-/m1/s1. The van der Waals surface area contributed by atoms with Crippen LogP contribution in [-0.2, 0) is 14.8 Å². The molecule has 1 saturated heterocycles. The van der Waals surface area contributed by atoms with Crippen LogP contribution < -0.4 is 9.73 Å². The molecule has 0 radical (unpaired) electrons. The lowest BCUT2D eigenvalue weighted by Crippen LogP contribution is -2.44. The van der Waals surface area contributed by atoms with Gasteiger partial charge in [-0.1, -0.05) is 30.3 Å². The van der Waals surface area contributed by atoms with E-state index in [0.717, 1.165) is 11.3 Å². The molecule has 1 fully saturated rings. The molecular formula is C17H19N3O3S2. The van der Waals surface area contributed by atoms with Crippen molar-refractivity contribution in [1.29, 1.82) is 0 Å². The van der Waals surface area contributed by atoms with Crippen LogP contribution >= 0.6 is 11.8 Å². The number of carbonyl (C=O) groups is 1. The van der Waals surface area contributed by atoms with Gasteiger partial charge in [0.1, 0.15) is 5.37 Å². The first-order valence-electron chi connectivity index (χ1n) is 7.67. The highest BCUT2D eigenvalue weighted by Gasteiger charge is 2.36. The lowest BCUT2D eigenvalue weighted by atomic mass is 10.2. The molecule has 1 heterocycles. The largest absolute Gasteiger partial charge is 0.378 e. The Labute approximate surface area is 151 Å². The van der Waals surface area contributed by atoms with Gasteiger partial charge in [-0.2, -0.15) is 0 Å². The van der Waals surface area contributed by atoms with Crippen molar-refractivity contribution in [2.75, 3.05) is 24.7 Å². The van der Waals surface area contributed by atoms with Crippen LogP contribution in [-0.4, -0.2) is 39.2 Å². The van der Waals surface area contributed by atoms with E-state index in [-0.39, 0.29) is 21.9 Å². The van der Waals surface area contributed by atoms with Crippen LogP contribution in [0.25, 0.3) is 0 Å². The fraction of sp³-hybridized carbons (Fsp3) is 0.235. The molecule has 1 amide bonds. The van der Waals surface area contributed by atoms with E-state index in [2.05, 4.69) is 4.83 Å². The fourth-order valence-corrected chi connectivity index (χ4v) is 4.75. The molecule has 1 aliphatic rings. The van der Waals surface area contributed by atoms with Crippen LogP contribution in [0.2, 0.25) is 0 Å². The molecule has 132 valence electrons. The second-order valence-corrected chi connectivity index (χ2v) is 8.55. The maximum absolute atomic E-state index is 12.5. The molecule has 0 aliphatic carbocycles. The van der Waals surface area contributed by atoms with Crippen LogP contribution in [0.5, 0.6) is 0 Å². The Morgan fingerprint density at radius 1 is 1.08 bits per heavy atom. The molecule has 0 aromatic heterocycles. The number of thioether (sulfide) groups is 1. The molecule has 1 aliphatic heterocycles. The molecule has 0 bridgehead atoms. The average molecular weight is 377 g/mol. The van der Waals surface area contributed by atoms with Gasteiger partial charge in [-0.25, -0.2) is 13.4 Å². The first-order valence-corrected chi connectivity index (χ1v) is 10.2. The predicted molar refractivity (Wildman–Crippen MR) is 99.6 cm³/mol. The summed E-state index contributed by atoms with van der Waals surface area (Å²) in [4.78, 5) is 16.7. The zero-order valence-corrected chi connectivity index (χ0v) is 15.5. The minimum atomic E-state index is -3.81. The summed E-state index contributed by atoms with van der Waals surface area (Å²) >= 11 is 1.40. The highest BCUT2D eigenvalue weighted by molar-refractivity contribution is 8.00. The summed E-state index contributed by atoms with van der Waals surface area (Å²) in [5, 5.41) is 0.819. The number of benzene rings is 2. The highest BCUT2D eigenvalue weighted by atomic mass is 32.2. The van der Waals surface area contributed by atoms with Gasteiger partial charge in [0.05, 0.1) is 10.6 Å². The van der Waals surface area contributed by atoms with E-state index in [1.165, 1.54) is 28.9 Å². The normalized spacial score (nSPS) is 17.8. The van der Waals surface area contributed by atoms with E-state index in [9.17, 15) is 13.2 Å². The Hall–Kier alpha value is -2.03. The van der Waals surface area contributed by atoms with Gasteiger partial charge in [0.25, 0.3) is 10.0 Å². The molecule has 1 atom stereocenters. The molecule has 3 rings (SSSR count). The molecule has 6 nitrogen and oxygen atoms in total. The van der Waals surface area contributed by atoms with E-state index in [1.807, 2.05) is 43.3 Å². The second-order valence-electron chi connectivity index (χ2n) is 5.82. The number of nitrogens with one attached hydrogen (secondary N) is 1. The number of sulfonamides is 1. The van der Waals surface area contributed by atoms with Crippen LogP contribution in [0.15, 0.2) is 59.5 Å². The number of hydrogen-bond donors (Lipinski definition) is 1. The summed E-state index contributed by atoms with van der Waals surface area (Å²) in [6, 6.07) is 15.7. The predicted octanol–water partition coefficient (Wildman–Crippen LogP) is 2.22. The summed E-state index contributed by atoms with van der Waals surface area (Å²) in [5.74, 6) is -0.0246. The van der Waals surface area contributed by atoms with Crippen molar-refractivity contribution in [3.05, 3.63) is 60.2 Å². The lowest BCUT2D eigenvalue weighted by molar-refractivity contribution is -0.129. The lowest BCUT2D eigenvalue weighted by Gasteiger charge is -2.25. The zero-order chi connectivity index (χ0) is 18.0. The summed E-state index contributed by atoms with van der Waals surface area (Å²) in [5.41, 5.74) is 1.91. The molecular weight excluding hydrogens is 358 g/mol. The summed E-state index contributed by atoms with van der Waals surface area (Å²) in [6.07, 6.45) is 0. The average Bonchev–Trinajstić information content (AvgIpc) is 2.96. The SMILES string of the molecule is CN(C)c1ccc([C@H]2SCC(=O)N2NS(=O)(=O)c2ccccc2)cc1. The highest BCUT2D eigenvalue weighted by Crippen LogP contribution is 2.38. The van der Waals surface area contributed by atoms with Gasteiger partial charge in [-0.3, -0.25) is 4.79 Å². The molecule has 0 unspecified atom stereocenters. The number of carbonyl (C=O) groups excluding carboxylic acids is 1. The van der Waals surface area contributed by atoms with Gasteiger partial charge >= 0.3 is 0 Å². The molecule has 2 aromatic carbocycles. The number of rotatable bonds is 5. The molecule has 8 heteroatoms. The third kappa shape index (κ3) is 3.81. The van der Waals surface area contributed by atoms with Crippen LogP contribution in [0.1, 0.15) is 10.9 Å². The first-order chi connectivity index (χ1) is 11.9. The maximum atomic E-state index is 12.5. The Kier molecular flexibility index (Phi) is 5.03. The van der Waals surface area contributed by atoms with Crippen molar-refractivity contribution >= 4 is 33.4 Å². The maximum Gasteiger partial charge on any atom is 0.257 e. The van der Waals surface area contributed by atoms with Crippen molar-refractivity contribution in [3.8, 4) is 0 Å². The van der Waals surface area contributed by atoms with Crippen molar-refractivity contribution < 1.29 is 13.2 Å². The molecule has 2 aromatic rings. The number of hydrazine groups is 1. The third-order valence-electron chi connectivity index (χ3n) is 3.83. The number of nitrogens with zero attached hydrogens (tertiary/aromatic N) is 2. The van der Waals surface area contributed by atoms with Gasteiger partial charge in [-0.15, -0.1) is 16.6 Å². The molecule has 0 saturated carbocycles. The minimum absolute atomic E-state index is 0.126. The Bertz CT molecular complexity index is 852. The van der Waals surface area contributed by atoms with Crippen molar-refractivity contribution in [3.63, 3.8) is 0 Å². The second kappa shape index (κ2) is 7.07. The van der Waals surface area contributed by atoms with Gasteiger partial charge in [0, 0.05) is 19.8 Å². The number of anilines is 1. The van der Waals surface area contributed by atoms with Crippen LogP contribution in [0, 0.1) is 0 Å². The zero-order valence-electron chi connectivity index (χ0n) is 13.9. The minimum Gasteiger partial charge on any atom is -0.378 e. The smallest absolute Gasteiger partial charge is 0.257 e. The van der Waals surface area contributed by atoms with E-state index in [0.29, 0.717) is 0 Å². The topological polar surface area (TPSA) is 69.7 Å². The fourth-order valence-electron chi connectivity index (χ4n) is 2.49. The van der Waals surface area contributed by atoms with Crippen LogP contribution in [0.3, 0.4) is 0 Å². The molecule has 25 heavy (non-hydrogen) atoms. The van der Waals surface area contributed by atoms with E-state index < -0.39 is 10.0 Å². The number of amides is 1. The van der Waals surface area contributed by atoms with Crippen molar-refractivity contribution in [2.24, 2.45) is 0 Å². The molecule has 0 spiro atoms. The van der Waals surface area contributed by atoms with Gasteiger partial charge < -0.3 is 4.90 Å². The third-order valence-corrected chi connectivity index (χ3v) is 6.38. The Morgan fingerprint density at radius 2 is 1.72 bits per heavy atom. The van der Waals surface area contributed by atoms with E-state index in [1.54, 1.807) is 18.2 Å². The summed E-state index contributed by atoms with van der Waals surface area (Å²) < 4.78 is 25.1. The Balaban J connectivity index is 1.85. The Morgan fingerprint density at radius 3 is 2.32 bits per heavy atom. The van der Waals surface area contributed by atoms with E-state index in [4.69, 9.17) is 0 Å². The molecule has 1 N–H and O–H groups in total. The van der Waals surface area contributed by atoms with Gasteiger partial charge in [-0.05, 0) is 29.8 Å². The van der Waals surface area contributed by atoms with Crippen molar-refractivity contribution in [2.45, 2.75) is 10.3 Å². The first kappa shape index (κ1) is 17.8. The van der Waals surface area contributed by atoms with Crippen LogP contribution in [0.4, 0.5) is 5.69 Å². The summed E-state index contributed by atoms with van der Waals surface area (Å²) in [6.45, 7) is 0. The monoisotopic (exact) mass is 377 g/mol. The summed E-state index contributed by atoms with van der Waals surface area (Å²) in [7, 11) is 0.0895. The number of hydrogen-bond acceptors (Lipinski definition) is 5. The van der Waals surface area contributed by atoms with E-state index >= 15 is 0 Å². The van der Waals surface area contributed by atoms with Gasteiger partial charge in [0.2, 0.25) is 5.91 Å². The quantitative estimate of drug-likeness (QED) is 0.865. The van der Waals surface area contributed by atoms with Gasteiger partial charge in [0.15, 0.2) is 0 Å². The van der Waals surface area contributed by atoms with Crippen molar-refractivity contribution in [1.82, 2.24) is 9.84 Å².